The van der Waals surface area contributed by atoms with Crippen molar-refractivity contribution in [2.75, 3.05) is 7.11 Å². The van der Waals surface area contributed by atoms with Crippen LogP contribution in [0.4, 0.5) is 5.69 Å². The monoisotopic (exact) mass is 277 g/mol. The summed E-state index contributed by atoms with van der Waals surface area (Å²) in [5, 5.41) is 17.8. The van der Waals surface area contributed by atoms with E-state index in [1.165, 1.54) is 19.2 Å². The first-order valence-corrected chi connectivity index (χ1v) is 6.04. The maximum Gasteiger partial charge on any atom is 0.273 e. The summed E-state index contributed by atoms with van der Waals surface area (Å²) in [5.74, 6) is 1.21. The Labute approximate surface area is 115 Å². The molecule has 106 valence electrons. The molecule has 0 saturated heterocycles. The molecule has 1 heterocycles. The highest BCUT2D eigenvalue weighted by Gasteiger charge is 2.10. The van der Waals surface area contributed by atoms with Crippen molar-refractivity contribution in [2.24, 2.45) is 0 Å². The van der Waals surface area contributed by atoms with Crippen LogP contribution in [0.3, 0.4) is 0 Å². The van der Waals surface area contributed by atoms with Gasteiger partial charge in [0.2, 0.25) is 0 Å². The normalized spacial score (nSPS) is 10.5. The second kappa shape index (κ2) is 6.16. The fourth-order valence-corrected chi connectivity index (χ4v) is 1.80. The molecule has 7 nitrogen and oxygen atoms in total. The van der Waals surface area contributed by atoms with Crippen LogP contribution in [0.25, 0.3) is 0 Å². The number of rotatable bonds is 6. The lowest BCUT2D eigenvalue weighted by Gasteiger charge is -2.06. The Morgan fingerprint density at radius 3 is 2.75 bits per heavy atom. The van der Waals surface area contributed by atoms with Crippen LogP contribution >= 0.6 is 0 Å². The second-order valence-corrected chi connectivity index (χ2v) is 4.33. The summed E-state index contributed by atoms with van der Waals surface area (Å²) in [5.41, 5.74) is 1.58. The van der Waals surface area contributed by atoms with E-state index in [1.807, 2.05) is 13.0 Å². The van der Waals surface area contributed by atoms with Crippen LogP contribution in [0.2, 0.25) is 0 Å². The molecule has 1 aromatic carbocycles. The molecule has 0 aliphatic heterocycles. The van der Waals surface area contributed by atoms with Crippen LogP contribution < -0.4 is 10.1 Å². The highest BCUT2D eigenvalue weighted by atomic mass is 16.6. The lowest BCUT2D eigenvalue weighted by atomic mass is 10.2. The van der Waals surface area contributed by atoms with Crippen molar-refractivity contribution in [1.82, 2.24) is 10.5 Å². The third-order valence-electron chi connectivity index (χ3n) is 2.71. The van der Waals surface area contributed by atoms with E-state index in [-0.39, 0.29) is 5.69 Å². The summed E-state index contributed by atoms with van der Waals surface area (Å²) >= 11 is 0. The maximum atomic E-state index is 10.8. The fraction of sp³-hybridized carbons (Fsp3) is 0.308. The molecule has 0 bridgehead atoms. The van der Waals surface area contributed by atoms with Gasteiger partial charge >= 0.3 is 0 Å². The van der Waals surface area contributed by atoms with E-state index in [0.717, 1.165) is 17.0 Å². The molecule has 20 heavy (non-hydrogen) atoms. The van der Waals surface area contributed by atoms with Gasteiger partial charge in [0.1, 0.15) is 11.5 Å². The third-order valence-corrected chi connectivity index (χ3v) is 2.71. The number of methoxy groups -OCH3 is 1. The first kappa shape index (κ1) is 14.0. The molecule has 0 spiro atoms. The van der Waals surface area contributed by atoms with Crippen molar-refractivity contribution in [3.05, 3.63) is 51.4 Å². The summed E-state index contributed by atoms with van der Waals surface area (Å²) < 4.78 is 10.0. The second-order valence-electron chi connectivity index (χ2n) is 4.33. The Balaban J connectivity index is 2.01. The minimum absolute atomic E-state index is 0.0124. The predicted octanol–water partition coefficient (Wildman–Crippen LogP) is 2.19. The molecule has 0 aliphatic rings. The third kappa shape index (κ3) is 3.55. The number of hydrogen-bond acceptors (Lipinski definition) is 6. The molecule has 0 atom stereocenters. The number of nitrogens with one attached hydrogen (secondary N) is 1. The van der Waals surface area contributed by atoms with E-state index >= 15 is 0 Å². The molecular formula is C13H15N3O4. The Morgan fingerprint density at radius 2 is 2.15 bits per heavy atom. The van der Waals surface area contributed by atoms with Gasteiger partial charge in [-0.25, -0.2) is 0 Å². The van der Waals surface area contributed by atoms with Gasteiger partial charge in [-0.15, -0.1) is 0 Å². The highest BCUT2D eigenvalue weighted by Crippen LogP contribution is 2.22. The van der Waals surface area contributed by atoms with E-state index in [2.05, 4.69) is 10.5 Å². The van der Waals surface area contributed by atoms with Crippen molar-refractivity contribution in [3.8, 4) is 5.75 Å². The van der Waals surface area contributed by atoms with Gasteiger partial charge in [0.15, 0.2) is 0 Å². The molecular weight excluding hydrogens is 262 g/mol. The number of nitro groups is 1. The van der Waals surface area contributed by atoms with Gasteiger partial charge in [0.25, 0.3) is 5.69 Å². The number of nitro benzene ring substituents is 1. The predicted molar refractivity (Wildman–Crippen MR) is 71.4 cm³/mol. The number of hydrogen-bond donors (Lipinski definition) is 1. The Kier molecular flexibility index (Phi) is 4.31. The van der Waals surface area contributed by atoms with Crippen LogP contribution in [0.5, 0.6) is 5.75 Å². The standard InChI is InChI=1S/C13H15N3O4/c1-9-3-11(15-20-9)8-14-7-10-4-12(16(17)18)6-13(5-10)19-2/h3-6,14H,7-8H2,1-2H3. The number of nitrogens with zero attached hydrogens (tertiary/aromatic N) is 2. The molecule has 1 N–H and O–H groups in total. The molecule has 0 amide bonds. The van der Waals surface area contributed by atoms with E-state index in [0.29, 0.717) is 18.8 Å². The Hall–Kier alpha value is -2.41. The van der Waals surface area contributed by atoms with Gasteiger partial charge in [-0.1, -0.05) is 5.16 Å². The van der Waals surface area contributed by atoms with Gasteiger partial charge in [-0.2, -0.15) is 0 Å². The Morgan fingerprint density at radius 1 is 1.35 bits per heavy atom. The van der Waals surface area contributed by atoms with E-state index in [4.69, 9.17) is 9.26 Å². The fourth-order valence-electron chi connectivity index (χ4n) is 1.80. The zero-order valence-corrected chi connectivity index (χ0v) is 11.3. The van der Waals surface area contributed by atoms with Gasteiger partial charge in [0.05, 0.1) is 23.8 Å². The number of non-ortho nitro benzene ring substituents is 1. The van der Waals surface area contributed by atoms with Gasteiger partial charge in [-0.05, 0) is 18.6 Å². The summed E-state index contributed by atoms with van der Waals surface area (Å²) in [7, 11) is 1.48. The molecule has 0 radical (unpaired) electrons. The molecule has 0 fully saturated rings. The largest absolute Gasteiger partial charge is 0.496 e. The molecule has 2 rings (SSSR count). The quantitative estimate of drug-likeness (QED) is 0.643. The summed E-state index contributed by atoms with van der Waals surface area (Å²) in [6.07, 6.45) is 0. The number of ether oxygens (including phenoxy) is 1. The lowest BCUT2D eigenvalue weighted by molar-refractivity contribution is -0.385. The lowest BCUT2D eigenvalue weighted by Crippen LogP contribution is -2.13. The van der Waals surface area contributed by atoms with Crippen LogP contribution in [-0.2, 0) is 13.1 Å². The highest BCUT2D eigenvalue weighted by molar-refractivity contribution is 5.42. The Bertz CT molecular complexity index is 609. The zero-order valence-electron chi connectivity index (χ0n) is 11.3. The molecule has 0 unspecified atom stereocenters. The van der Waals surface area contributed by atoms with Crippen molar-refractivity contribution in [2.45, 2.75) is 20.0 Å². The number of aryl methyl sites for hydroxylation is 1. The van der Waals surface area contributed by atoms with Gasteiger partial charge in [0, 0.05) is 25.2 Å². The van der Waals surface area contributed by atoms with Crippen LogP contribution in [0.15, 0.2) is 28.8 Å². The van der Waals surface area contributed by atoms with Crippen LogP contribution in [0.1, 0.15) is 17.0 Å². The molecule has 1 aromatic heterocycles. The van der Waals surface area contributed by atoms with Crippen LogP contribution in [-0.4, -0.2) is 17.2 Å². The number of aromatic nitrogens is 1. The minimum Gasteiger partial charge on any atom is -0.496 e. The first-order chi connectivity index (χ1) is 9.58. The smallest absolute Gasteiger partial charge is 0.273 e. The maximum absolute atomic E-state index is 10.8. The summed E-state index contributed by atoms with van der Waals surface area (Å²) in [6.45, 7) is 2.83. The van der Waals surface area contributed by atoms with Crippen molar-refractivity contribution in [3.63, 3.8) is 0 Å². The topological polar surface area (TPSA) is 90.4 Å². The average Bonchev–Trinajstić information content (AvgIpc) is 2.84. The number of benzene rings is 1. The molecule has 0 aliphatic carbocycles. The molecule has 7 heteroatoms. The SMILES string of the molecule is COc1cc(CNCc2cc(C)on2)cc([N+](=O)[O-])c1. The van der Waals surface area contributed by atoms with E-state index < -0.39 is 4.92 Å². The molecule has 0 saturated carbocycles. The van der Waals surface area contributed by atoms with Gasteiger partial charge < -0.3 is 14.6 Å². The summed E-state index contributed by atoms with van der Waals surface area (Å²) in [4.78, 5) is 10.4. The van der Waals surface area contributed by atoms with E-state index in [9.17, 15) is 10.1 Å². The van der Waals surface area contributed by atoms with Crippen LogP contribution in [0, 0.1) is 17.0 Å². The first-order valence-electron chi connectivity index (χ1n) is 6.04. The van der Waals surface area contributed by atoms with Crippen molar-refractivity contribution >= 4 is 5.69 Å². The van der Waals surface area contributed by atoms with E-state index in [1.54, 1.807) is 6.07 Å². The van der Waals surface area contributed by atoms with Crippen molar-refractivity contribution < 1.29 is 14.2 Å². The zero-order chi connectivity index (χ0) is 14.5. The average molecular weight is 277 g/mol. The molecule has 2 aromatic rings. The summed E-state index contributed by atoms with van der Waals surface area (Å²) in [6, 6.07) is 6.50. The van der Waals surface area contributed by atoms with Gasteiger partial charge in [-0.3, -0.25) is 10.1 Å². The minimum atomic E-state index is -0.437. The van der Waals surface area contributed by atoms with Crippen molar-refractivity contribution in [1.29, 1.82) is 0 Å².